The second kappa shape index (κ2) is 8.02. The summed E-state index contributed by atoms with van der Waals surface area (Å²) < 4.78 is 0. The molecule has 2 nitrogen and oxygen atoms in total. The molecule has 20 heavy (non-hydrogen) atoms. The van der Waals surface area contributed by atoms with E-state index in [1.807, 2.05) is 12.1 Å². The van der Waals surface area contributed by atoms with Gasteiger partial charge < -0.3 is 10.2 Å². The molecule has 0 aromatic heterocycles. The van der Waals surface area contributed by atoms with E-state index in [1.165, 1.54) is 37.9 Å². The Labute approximate surface area is 128 Å². The van der Waals surface area contributed by atoms with Gasteiger partial charge in [-0.2, -0.15) is 0 Å². The lowest BCUT2D eigenvalue weighted by atomic mass is 9.93. The normalized spacial score (nSPS) is 19.1. The summed E-state index contributed by atoms with van der Waals surface area (Å²) in [4.78, 5) is 2.44. The van der Waals surface area contributed by atoms with Crippen LogP contribution in [0.2, 0.25) is 5.02 Å². The molecule has 1 saturated heterocycles. The average molecular weight is 295 g/mol. The van der Waals surface area contributed by atoms with Gasteiger partial charge in [0, 0.05) is 11.1 Å². The zero-order valence-electron chi connectivity index (χ0n) is 12.7. The second-order valence-corrected chi connectivity index (χ2v) is 6.44. The van der Waals surface area contributed by atoms with Crippen molar-refractivity contribution in [1.82, 2.24) is 10.2 Å². The van der Waals surface area contributed by atoms with E-state index in [1.54, 1.807) is 0 Å². The number of nitrogens with one attached hydrogen (secondary N) is 1. The Morgan fingerprint density at radius 2 is 2.10 bits per heavy atom. The first kappa shape index (κ1) is 15.8. The standard InChI is InChI=1S/C17H27ClN2/c1-3-17(15-5-4-6-16(18)13-15)19-10-7-14-8-11-20(2)12-9-14/h4-6,13-14,17,19H,3,7-12H2,1-2H3. The van der Waals surface area contributed by atoms with E-state index in [9.17, 15) is 0 Å². The molecule has 1 aliphatic heterocycles. The third kappa shape index (κ3) is 4.76. The first-order valence-electron chi connectivity index (χ1n) is 7.86. The van der Waals surface area contributed by atoms with E-state index >= 15 is 0 Å². The minimum absolute atomic E-state index is 0.431. The van der Waals surface area contributed by atoms with Crippen molar-refractivity contribution < 1.29 is 0 Å². The van der Waals surface area contributed by atoms with Gasteiger partial charge >= 0.3 is 0 Å². The Balaban J connectivity index is 1.76. The molecule has 2 rings (SSSR count). The summed E-state index contributed by atoms with van der Waals surface area (Å²) in [6, 6.07) is 8.66. The summed E-state index contributed by atoms with van der Waals surface area (Å²) in [5.74, 6) is 0.899. The molecular weight excluding hydrogens is 268 g/mol. The second-order valence-electron chi connectivity index (χ2n) is 6.01. The molecule has 1 atom stereocenters. The third-order valence-corrected chi connectivity index (χ3v) is 4.68. The van der Waals surface area contributed by atoms with Crippen LogP contribution in [0.25, 0.3) is 0 Å². The van der Waals surface area contributed by atoms with Crippen LogP contribution in [-0.4, -0.2) is 31.6 Å². The summed E-state index contributed by atoms with van der Waals surface area (Å²) in [6.45, 7) is 5.86. The lowest BCUT2D eigenvalue weighted by Gasteiger charge is -2.29. The van der Waals surface area contributed by atoms with Gasteiger partial charge in [-0.1, -0.05) is 30.7 Å². The van der Waals surface area contributed by atoms with Crippen molar-refractivity contribution in [3.8, 4) is 0 Å². The van der Waals surface area contributed by atoms with Crippen molar-refractivity contribution in [2.24, 2.45) is 5.92 Å². The topological polar surface area (TPSA) is 15.3 Å². The maximum atomic E-state index is 6.08. The third-order valence-electron chi connectivity index (χ3n) is 4.44. The van der Waals surface area contributed by atoms with Crippen LogP contribution in [0.4, 0.5) is 0 Å². The molecule has 0 radical (unpaired) electrons. The van der Waals surface area contributed by atoms with Gasteiger partial charge in [0.05, 0.1) is 0 Å². The monoisotopic (exact) mass is 294 g/mol. The van der Waals surface area contributed by atoms with Gasteiger partial charge in [0.2, 0.25) is 0 Å². The predicted octanol–water partition coefficient (Wildman–Crippen LogP) is 4.11. The summed E-state index contributed by atoms with van der Waals surface area (Å²) in [5, 5.41) is 4.53. The van der Waals surface area contributed by atoms with Crippen LogP contribution in [0, 0.1) is 5.92 Å². The number of halogens is 1. The number of hydrogen-bond donors (Lipinski definition) is 1. The van der Waals surface area contributed by atoms with Crippen LogP contribution in [0.5, 0.6) is 0 Å². The lowest BCUT2D eigenvalue weighted by Crippen LogP contribution is -2.32. The van der Waals surface area contributed by atoms with Gasteiger partial charge in [0.15, 0.2) is 0 Å². The molecule has 0 saturated carbocycles. The van der Waals surface area contributed by atoms with Gasteiger partial charge in [-0.25, -0.2) is 0 Å². The Kier molecular flexibility index (Phi) is 6.34. The molecule has 1 N–H and O–H groups in total. The van der Waals surface area contributed by atoms with Gasteiger partial charge in [-0.05, 0) is 76.0 Å². The minimum atomic E-state index is 0.431. The molecule has 0 spiro atoms. The number of piperidine rings is 1. The molecule has 0 aliphatic carbocycles. The fourth-order valence-corrected chi connectivity index (χ4v) is 3.23. The first-order valence-corrected chi connectivity index (χ1v) is 8.24. The van der Waals surface area contributed by atoms with Crippen molar-refractivity contribution in [2.45, 2.75) is 38.6 Å². The van der Waals surface area contributed by atoms with E-state index in [-0.39, 0.29) is 0 Å². The van der Waals surface area contributed by atoms with Crippen molar-refractivity contribution in [3.05, 3.63) is 34.9 Å². The highest BCUT2D eigenvalue weighted by atomic mass is 35.5. The zero-order chi connectivity index (χ0) is 14.4. The Bertz CT molecular complexity index is 400. The smallest absolute Gasteiger partial charge is 0.0409 e. The fourth-order valence-electron chi connectivity index (χ4n) is 3.03. The molecule has 1 heterocycles. The molecule has 1 aromatic rings. The molecule has 1 aliphatic rings. The molecule has 0 amide bonds. The molecule has 112 valence electrons. The summed E-state index contributed by atoms with van der Waals surface area (Å²) in [5.41, 5.74) is 1.31. The van der Waals surface area contributed by atoms with E-state index in [4.69, 9.17) is 11.6 Å². The van der Waals surface area contributed by atoms with Gasteiger partial charge in [-0.15, -0.1) is 0 Å². The highest BCUT2D eigenvalue weighted by Crippen LogP contribution is 2.22. The van der Waals surface area contributed by atoms with E-state index in [0.29, 0.717) is 6.04 Å². The van der Waals surface area contributed by atoms with Crippen LogP contribution in [0.1, 0.15) is 44.2 Å². The van der Waals surface area contributed by atoms with Crippen molar-refractivity contribution in [3.63, 3.8) is 0 Å². The Morgan fingerprint density at radius 3 is 2.75 bits per heavy atom. The summed E-state index contributed by atoms with van der Waals surface area (Å²) in [6.07, 6.45) is 5.11. The van der Waals surface area contributed by atoms with Crippen LogP contribution in [0.3, 0.4) is 0 Å². The van der Waals surface area contributed by atoms with E-state index in [0.717, 1.165) is 23.9 Å². The zero-order valence-corrected chi connectivity index (χ0v) is 13.5. The number of nitrogens with zero attached hydrogens (tertiary/aromatic N) is 1. The molecular formula is C17H27ClN2. The first-order chi connectivity index (χ1) is 9.69. The summed E-state index contributed by atoms with van der Waals surface area (Å²) in [7, 11) is 2.22. The molecule has 0 bridgehead atoms. The molecule has 1 fully saturated rings. The van der Waals surface area contributed by atoms with Crippen molar-refractivity contribution >= 4 is 11.6 Å². The molecule has 3 heteroatoms. The molecule has 1 aromatic carbocycles. The highest BCUT2D eigenvalue weighted by molar-refractivity contribution is 6.30. The fraction of sp³-hybridized carbons (Fsp3) is 0.647. The predicted molar refractivity (Wildman–Crippen MR) is 87.3 cm³/mol. The number of likely N-dealkylation sites (tertiary alicyclic amines) is 1. The SMILES string of the molecule is CCC(NCCC1CCN(C)CC1)c1cccc(Cl)c1. The lowest BCUT2D eigenvalue weighted by molar-refractivity contribution is 0.210. The minimum Gasteiger partial charge on any atom is -0.310 e. The van der Waals surface area contributed by atoms with Gasteiger partial charge in [0.25, 0.3) is 0 Å². The Morgan fingerprint density at radius 1 is 1.35 bits per heavy atom. The quantitative estimate of drug-likeness (QED) is 0.849. The maximum absolute atomic E-state index is 6.08. The van der Waals surface area contributed by atoms with Crippen LogP contribution in [-0.2, 0) is 0 Å². The number of hydrogen-bond acceptors (Lipinski definition) is 2. The number of rotatable bonds is 6. The van der Waals surface area contributed by atoms with Gasteiger partial charge in [-0.3, -0.25) is 0 Å². The van der Waals surface area contributed by atoms with Crippen molar-refractivity contribution in [2.75, 3.05) is 26.7 Å². The van der Waals surface area contributed by atoms with E-state index in [2.05, 4.69) is 36.3 Å². The summed E-state index contributed by atoms with van der Waals surface area (Å²) >= 11 is 6.08. The maximum Gasteiger partial charge on any atom is 0.0409 e. The Hall–Kier alpha value is -0.570. The van der Waals surface area contributed by atoms with Crippen LogP contribution >= 0.6 is 11.6 Å². The van der Waals surface area contributed by atoms with E-state index < -0.39 is 0 Å². The molecule has 1 unspecified atom stereocenters. The van der Waals surface area contributed by atoms with Crippen molar-refractivity contribution in [1.29, 1.82) is 0 Å². The van der Waals surface area contributed by atoms with Crippen LogP contribution in [0.15, 0.2) is 24.3 Å². The largest absolute Gasteiger partial charge is 0.310 e. The highest BCUT2D eigenvalue weighted by Gasteiger charge is 2.17. The van der Waals surface area contributed by atoms with Gasteiger partial charge in [0.1, 0.15) is 0 Å². The average Bonchev–Trinajstić information content (AvgIpc) is 2.45. The number of benzene rings is 1. The van der Waals surface area contributed by atoms with Crippen LogP contribution < -0.4 is 5.32 Å².